The van der Waals surface area contributed by atoms with Gasteiger partial charge in [0, 0.05) is 7.11 Å². The van der Waals surface area contributed by atoms with E-state index >= 15 is 0 Å². The van der Waals surface area contributed by atoms with Gasteiger partial charge in [-0.1, -0.05) is 12.8 Å². The molecule has 0 bridgehead atoms. The Kier molecular flexibility index (Phi) is 2.49. The Hall–Kier alpha value is -0.0800. The van der Waals surface area contributed by atoms with Crippen molar-refractivity contribution in [3.8, 4) is 0 Å². The smallest absolute Gasteiger partial charge is 0.122 e. The highest BCUT2D eigenvalue weighted by molar-refractivity contribution is 4.89. The molecular formula is C7H13O2. The fraction of sp³-hybridized carbons (Fsp3) is 0.857. The summed E-state index contributed by atoms with van der Waals surface area (Å²) in [6.45, 7) is 0. The molecule has 1 unspecified atom stereocenters. The normalized spacial score (nSPS) is 30.7. The molecule has 0 aliphatic heterocycles. The van der Waals surface area contributed by atoms with Gasteiger partial charge in [-0.2, -0.15) is 0 Å². The van der Waals surface area contributed by atoms with Crippen LogP contribution in [-0.4, -0.2) is 18.3 Å². The molecule has 1 fully saturated rings. The molecule has 2 heteroatoms. The van der Waals surface area contributed by atoms with Crippen LogP contribution in [0.4, 0.5) is 0 Å². The van der Waals surface area contributed by atoms with Gasteiger partial charge in [0.2, 0.25) is 0 Å². The SMILES string of the molecule is COC1CCCC[C]1O. The molecule has 1 rings (SSSR count). The molecule has 1 saturated carbocycles. The van der Waals surface area contributed by atoms with Crippen LogP contribution >= 0.6 is 0 Å². The van der Waals surface area contributed by atoms with E-state index in [1.807, 2.05) is 0 Å². The predicted octanol–water partition coefficient (Wildman–Crippen LogP) is 1.48. The number of rotatable bonds is 1. The lowest BCUT2D eigenvalue weighted by Gasteiger charge is -2.24. The first-order valence-corrected chi connectivity index (χ1v) is 3.42. The fourth-order valence-electron chi connectivity index (χ4n) is 1.22. The van der Waals surface area contributed by atoms with Crippen molar-refractivity contribution in [1.82, 2.24) is 0 Å². The third-order valence-corrected chi connectivity index (χ3v) is 1.81. The minimum atomic E-state index is 0.0266. The monoisotopic (exact) mass is 129 g/mol. The van der Waals surface area contributed by atoms with Crippen molar-refractivity contribution in [3.63, 3.8) is 0 Å². The zero-order chi connectivity index (χ0) is 6.69. The van der Waals surface area contributed by atoms with E-state index in [2.05, 4.69) is 0 Å². The average molecular weight is 129 g/mol. The van der Waals surface area contributed by atoms with Crippen molar-refractivity contribution in [2.75, 3.05) is 7.11 Å². The zero-order valence-corrected chi connectivity index (χ0v) is 5.76. The van der Waals surface area contributed by atoms with Gasteiger partial charge in [0.25, 0.3) is 0 Å². The van der Waals surface area contributed by atoms with Gasteiger partial charge in [-0.25, -0.2) is 0 Å². The second-order valence-corrected chi connectivity index (χ2v) is 2.46. The van der Waals surface area contributed by atoms with Crippen LogP contribution in [0, 0.1) is 6.10 Å². The molecule has 0 aromatic rings. The van der Waals surface area contributed by atoms with Crippen LogP contribution < -0.4 is 0 Å². The maximum Gasteiger partial charge on any atom is 0.122 e. The molecule has 0 aromatic carbocycles. The van der Waals surface area contributed by atoms with E-state index in [-0.39, 0.29) is 6.10 Å². The number of ether oxygens (including phenoxy) is 1. The number of methoxy groups -OCH3 is 1. The summed E-state index contributed by atoms with van der Waals surface area (Å²) in [5.74, 6) is 0. The molecule has 9 heavy (non-hydrogen) atoms. The van der Waals surface area contributed by atoms with Crippen LogP contribution in [0.3, 0.4) is 0 Å². The van der Waals surface area contributed by atoms with Gasteiger partial charge in [-0.3, -0.25) is 0 Å². The van der Waals surface area contributed by atoms with E-state index in [0.29, 0.717) is 6.10 Å². The Morgan fingerprint density at radius 1 is 1.56 bits per heavy atom. The Morgan fingerprint density at radius 3 is 2.78 bits per heavy atom. The summed E-state index contributed by atoms with van der Waals surface area (Å²) in [6.07, 6.45) is 4.68. The average Bonchev–Trinajstić information content (AvgIpc) is 1.89. The third kappa shape index (κ3) is 1.66. The molecule has 0 amide bonds. The standard InChI is InChI=1S/C7H13O2/c1-9-7-5-3-2-4-6(7)8/h7-8H,2-5H2,1H3. The number of hydrogen-bond acceptors (Lipinski definition) is 2. The maximum absolute atomic E-state index is 9.16. The highest BCUT2D eigenvalue weighted by atomic mass is 16.5. The first-order chi connectivity index (χ1) is 4.34. The van der Waals surface area contributed by atoms with Gasteiger partial charge < -0.3 is 9.84 Å². The second kappa shape index (κ2) is 3.18. The lowest BCUT2D eigenvalue weighted by atomic mass is 9.95. The van der Waals surface area contributed by atoms with Gasteiger partial charge >= 0.3 is 0 Å². The predicted molar refractivity (Wildman–Crippen MR) is 34.4 cm³/mol. The van der Waals surface area contributed by atoms with Crippen LogP contribution in [0.2, 0.25) is 0 Å². The van der Waals surface area contributed by atoms with E-state index < -0.39 is 0 Å². The highest BCUT2D eigenvalue weighted by Gasteiger charge is 2.22. The van der Waals surface area contributed by atoms with Crippen LogP contribution in [0.1, 0.15) is 25.7 Å². The van der Waals surface area contributed by atoms with Crippen molar-refractivity contribution in [3.05, 3.63) is 6.10 Å². The second-order valence-electron chi connectivity index (χ2n) is 2.46. The van der Waals surface area contributed by atoms with E-state index in [9.17, 15) is 0 Å². The van der Waals surface area contributed by atoms with Crippen molar-refractivity contribution in [1.29, 1.82) is 0 Å². The minimum Gasteiger partial charge on any atom is -0.384 e. The fourth-order valence-corrected chi connectivity index (χ4v) is 1.22. The number of aliphatic hydroxyl groups excluding tert-OH is 1. The highest BCUT2D eigenvalue weighted by Crippen LogP contribution is 2.25. The van der Waals surface area contributed by atoms with Crippen LogP contribution in [0.15, 0.2) is 0 Å². The molecule has 0 aromatic heterocycles. The van der Waals surface area contributed by atoms with E-state index in [1.54, 1.807) is 7.11 Å². The Bertz CT molecular complexity index is 83.0. The molecule has 1 aliphatic rings. The molecule has 0 heterocycles. The summed E-state index contributed by atoms with van der Waals surface area (Å²) in [7, 11) is 1.65. The molecule has 1 atom stereocenters. The summed E-state index contributed by atoms with van der Waals surface area (Å²) in [6, 6.07) is 0. The van der Waals surface area contributed by atoms with Crippen LogP contribution in [-0.2, 0) is 4.74 Å². The van der Waals surface area contributed by atoms with Gasteiger partial charge in [0.1, 0.15) is 6.10 Å². The minimum absolute atomic E-state index is 0.0266. The Labute approximate surface area is 55.8 Å². The first-order valence-electron chi connectivity index (χ1n) is 3.42. The molecule has 1 N–H and O–H groups in total. The van der Waals surface area contributed by atoms with Crippen molar-refractivity contribution in [2.24, 2.45) is 0 Å². The molecule has 1 aliphatic carbocycles. The topological polar surface area (TPSA) is 29.5 Å². The van der Waals surface area contributed by atoms with E-state index in [4.69, 9.17) is 9.84 Å². The largest absolute Gasteiger partial charge is 0.384 e. The summed E-state index contributed by atoms with van der Waals surface area (Å²) >= 11 is 0. The summed E-state index contributed by atoms with van der Waals surface area (Å²) < 4.78 is 5.02. The van der Waals surface area contributed by atoms with Crippen LogP contribution in [0.5, 0.6) is 0 Å². The number of hydrogen-bond donors (Lipinski definition) is 1. The Balaban J connectivity index is 2.30. The summed E-state index contributed by atoms with van der Waals surface area (Å²) in [4.78, 5) is 0. The lowest BCUT2D eigenvalue weighted by molar-refractivity contribution is 0.0266. The Morgan fingerprint density at radius 2 is 2.33 bits per heavy atom. The lowest BCUT2D eigenvalue weighted by Crippen LogP contribution is -2.24. The van der Waals surface area contributed by atoms with Gasteiger partial charge in [-0.15, -0.1) is 0 Å². The summed E-state index contributed by atoms with van der Waals surface area (Å²) in [5, 5.41) is 9.16. The molecule has 0 spiro atoms. The quantitative estimate of drug-likeness (QED) is 0.581. The molecule has 1 radical (unpaired) electrons. The molecular weight excluding hydrogens is 116 g/mol. The maximum atomic E-state index is 9.16. The van der Waals surface area contributed by atoms with E-state index in [0.717, 1.165) is 19.3 Å². The molecule has 0 saturated heterocycles. The first kappa shape index (κ1) is 7.03. The van der Waals surface area contributed by atoms with Crippen molar-refractivity contribution >= 4 is 0 Å². The molecule has 53 valence electrons. The third-order valence-electron chi connectivity index (χ3n) is 1.81. The van der Waals surface area contributed by atoms with Crippen molar-refractivity contribution in [2.45, 2.75) is 31.8 Å². The molecule has 2 nitrogen and oxygen atoms in total. The van der Waals surface area contributed by atoms with Crippen molar-refractivity contribution < 1.29 is 9.84 Å². The van der Waals surface area contributed by atoms with Gasteiger partial charge in [0.15, 0.2) is 0 Å². The van der Waals surface area contributed by atoms with Gasteiger partial charge in [0.05, 0.1) is 6.10 Å². The zero-order valence-electron chi connectivity index (χ0n) is 5.76. The van der Waals surface area contributed by atoms with Gasteiger partial charge in [-0.05, 0) is 12.8 Å². The number of aliphatic hydroxyl groups is 1. The summed E-state index contributed by atoms with van der Waals surface area (Å²) in [5.41, 5.74) is 0. The van der Waals surface area contributed by atoms with Crippen LogP contribution in [0.25, 0.3) is 0 Å². The van der Waals surface area contributed by atoms with E-state index in [1.165, 1.54) is 6.42 Å².